The van der Waals surface area contributed by atoms with Gasteiger partial charge in [0.2, 0.25) is 0 Å². The summed E-state index contributed by atoms with van der Waals surface area (Å²) >= 11 is 0. The van der Waals surface area contributed by atoms with Crippen LogP contribution in [-0.2, 0) is 9.53 Å². The number of ether oxygens (including phenoxy) is 1. The van der Waals surface area contributed by atoms with E-state index in [4.69, 9.17) is 4.74 Å². The molecule has 1 saturated heterocycles. The highest BCUT2D eigenvalue weighted by atomic mass is 16.5. The van der Waals surface area contributed by atoms with Gasteiger partial charge in [0.1, 0.15) is 5.54 Å². The van der Waals surface area contributed by atoms with Crippen molar-refractivity contribution in [3.8, 4) is 5.69 Å². The lowest BCUT2D eigenvalue weighted by molar-refractivity contribution is -0.148. The smallest absolute Gasteiger partial charge is 0.329 e. The van der Waals surface area contributed by atoms with Gasteiger partial charge in [0.25, 0.3) is 5.91 Å². The van der Waals surface area contributed by atoms with Gasteiger partial charge in [0.05, 0.1) is 11.3 Å². The first-order valence-corrected chi connectivity index (χ1v) is 7.35. The number of benzene rings is 1. The molecule has 7 heteroatoms. The van der Waals surface area contributed by atoms with E-state index < -0.39 is 17.4 Å². The average Bonchev–Trinajstić information content (AvgIpc) is 3.10. The van der Waals surface area contributed by atoms with E-state index in [1.807, 2.05) is 0 Å². The van der Waals surface area contributed by atoms with Crippen molar-refractivity contribution in [2.75, 3.05) is 13.2 Å². The maximum absolute atomic E-state index is 12.7. The summed E-state index contributed by atoms with van der Waals surface area (Å²) in [4.78, 5) is 24.4. The molecule has 0 saturated carbocycles. The first kappa shape index (κ1) is 15.2. The third-order valence-corrected chi connectivity index (χ3v) is 4.01. The number of carbonyl (C=O) groups is 2. The van der Waals surface area contributed by atoms with E-state index >= 15 is 0 Å². The molecule has 0 atom stereocenters. The highest BCUT2D eigenvalue weighted by Crippen LogP contribution is 2.23. The minimum Gasteiger partial charge on any atom is -0.480 e. The Kier molecular flexibility index (Phi) is 4.12. The zero-order chi connectivity index (χ0) is 16.3. The summed E-state index contributed by atoms with van der Waals surface area (Å²) in [5.74, 6) is -1.47. The number of aromatic nitrogens is 2. The summed E-state index contributed by atoms with van der Waals surface area (Å²) < 4.78 is 6.79. The Morgan fingerprint density at radius 2 is 1.96 bits per heavy atom. The Bertz CT molecular complexity index is 706. The molecule has 2 N–H and O–H groups in total. The number of carbonyl (C=O) groups excluding carboxylic acids is 1. The molecule has 0 spiro atoms. The molecule has 3 rings (SSSR count). The molecule has 0 unspecified atom stereocenters. The molecule has 1 aromatic carbocycles. The molecule has 1 aliphatic rings. The lowest BCUT2D eigenvalue weighted by atomic mass is 9.89. The molecule has 23 heavy (non-hydrogen) atoms. The maximum Gasteiger partial charge on any atom is 0.329 e. The maximum atomic E-state index is 12.7. The number of aliphatic carboxylic acids is 1. The van der Waals surface area contributed by atoms with Gasteiger partial charge in [-0.05, 0) is 18.2 Å². The Labute approximate surface area is 132 Å². The molecular formula is C16H17N3O4. The second-order valence-corrected chi connectivity index (χ2v) is 5.42. The van der Waals surface area contributed by atoms with Crippen LogP contribution in [0.3, 0.4) is 0 Å². The topological polar surface area (TPSA) is 93.5 Å². The van der Waals surface area contributed by atoms with E-state index in [-0.39, 0.29) is 12.8 Å². The number of rotatable bonds is 4. The quantitative estimate of drug-likeness (QED) is 0.885. The van der Waals surface area contributed by atoms with Gasteiger partial charge < -0.3 is 15.2 Å². The summed E-state index contributed by atoms with van der Waals surface area (Å²) in [6.07, 6.45) is 3.84. The molecule has 1 fully saturated rings. The molecule has 2 heterocycles. The van der Waals surface area contributed by atoms with E-state index in [0.29, 0.717) is 24.5 Å². The Morgan fingerprint density at radius 3 is 2.61 bits per heavy atom. The number of nitrogens with zero attached hydrogens (tertiary/aromatic N) is 2. The van der Waals surface area contributed by atoms with Crippen LogP contribution in [0.4, 0.5) is 0 Å². The third-order valence-electron chi connectivity index (χ3n) is 4.01. The first-order chi connectivity index (χ1) is 11.1. The van der Waals surface area contributed by atoms with Gasteiger partial charge in [0.15, 0.2) is 0 Å². The number of hydrogen-bond donors (Lipinski definition) is 2. The van der Waals surface area contributed by atoms with Gasteiger partial charge >= 0.3 is 5.97 Å². The first-order valence-electron chi connectivity index (χ1n) is 7.35. The van der Waals surface area contributed by atoms with Crippen molar-refractivity contribution in [3.05, 3.63) is 48.3 Å². The lowest BCUT2D eigenvalue weighted by Crippen LogP contribution is -2.57. The molecular weight excluding hydrogens is 298 g/mol. The van der Waals surface area contributed by atoms with Crippen LogP contribution in [0, 0.1) is 0 Å². The van der Waals surface area contributed by atoms with Gasteiger partial charge in [-0.1, -0.05) is 12.1 Å². The minimum absolute atomic E-state index is 0.248. The van der Waals surface area contributed by atoms with E-state index in [2.05, 4.69) is 10.4 Å². The Balaban J connectivity index is 1.90. The fourth-order valence-electron chi connectivity index (χ4n) is 2.67. The second kappa shape index (κ2) is 6.21. The van der Waals surface area contributed by atoms with Crippen molar-refractivity contribution in [2.45, 2.75) is 18.4 Å². The van der Waals surface area contributed by atoms with Crippen LogP contribution in [0.15, 0.2) is 42.7 Å². The van der Waals surface area contributed by atoms with Crippen LogP contribution in [0.2, 0.25) is 0 Å². The number of hydrogen-bond acceptors (Lipinski definition) is 4. The summed E-state index contributed by atoms with van der Waals surface area (Å²) in [7, 11) is 0. The van der Waals surface area contributed by atoms with Gasteiger partial charge in [-0.3, -0.25) is 4.79 Å². The van der Waals surface area contributed by atoms with Crippen molar-refractivity contribution in [1.82, 2.24) is 15.1 Å². The average molecular weight is 315 g/mol. The van der Waals surface area contributed by atoms with Crippen molar-refractivity contribution < 1.29 is 19.4 Å². The highest BCUT2D eigenvalue weighted by Gasteiger charge is 2.42. The van der Waals surface area contributed by atoms with Crippen LogP contribution in [0.25, 0.3) is 5.69 Å². The van der Waals surface area contributed by atoms with E-state index in [0.717, 1.165) is 0 Å². The predicted octanol–water partition coefficient (Wildman–Crippen LogP) is 1.24. The zero-order valence-corrected chi connectivity index (χ0v) is 12.4. The van der Waals surface area contributed by atoms with Crippen molar-refractivity contribution >= 4 is 11.9 Å². The number of para-hydroxylation sites is 1. The van der Waals surface area contributed by atoms with Gasteiger partial charge in [-0.2, -0.15) is 5.10 Å². The molecule has 1 aliphatic heterocycles. The summed E-state index contributed by atoms with van der Waals surface area (Å²) in [6.45, 7) is 0.626. The fourth-order valence-corrected chi connectivity index (χ4v) is 2.67. The highest BCUT2D eigenvalue weighted by molar-refractivity contribution is 6.00. The predicted molar refractivity (Wildman–Crippen MR) is 81.5 cm³/mol. The standard InChI is InChI=1S/C16H17N3O4/c20-14(18-16(15(21)22)6-10-23-11-7-16)12-4-1-2-5-13(12)19-9-3-8-17-19/h1-5,8-9H,6-7,10-11H2,(H,18,20)(H,21,22). The van der Waals surface area contributed by atoms with Crippen LogP contribution in [0.1, 0.15) is 23.2 Å². The summed E-state index contributed by atoms with van der Waals surface area (Å²) in [5, 5.41) is 16.4. The lowest BCUT2D eigenvalue weighted by Gasteiger charge is -2.34. The van der Waals surface area contributed by atoms with Crippen molar-refractivity contribution in [2.24, 2.45) is 0 Å². The van der Waals surface area contributed by atoms with E-state index in [1.54, 1.807) is 47.4 Å². The number of amides is 1. The van der Waals surface area contributed by atoms with Crippen LogP contribution >= 0.6 is 0 Å². The Morgan fingerprint density at radius 1 is 1.22 bits per heavy atom. The normalized spacial score (nSPS) is 16.7. The second-order valence-electron chi connectivity index (χ2n) is 5.42. The molecule has 0 aliphatic carbocycles. The van der Waals surface area contributed by atoms with Crippen LogP contribution < -0.4 is 5.32 Å². The molecule has 2 aromatic rings. The monoisotopic (exact) mass is 315 g/mol. The largest absolute Gasteiger partial charge is 0.480 e. The Hall–Kier alpha value is -2.67. The van der Waals surface area contributed by atoms with Crippen molar-refractivity contribution in [1.29, 1.82) is 0 Å². The molecule has 7 nitrogen and oxygen atoms in total. The van der Waals surface area contributed by atoms with Crippen LogP contribution in [0.5, 0.6) is 0 Å². The molecule has 1 aromatic heterocycles. The minimum atomic E-state index is -1.29. The zero-order valence-electron chi connectivity index (χ0n) is 12.4. The number of nitrogens with one attached hydrogen (secondary N) is 1. The van der Waals surface area contributed by atoms with Gasteiger partial charge in [-0.25, -0.2) is 9.48 Å². The van der Waals surface area contributed by atoms with Crippen molar-refractivity contribution in [3.63, 3.8) is 0 Å². The fraction of sp³-hybridized carbons (Fsp3) is 0.312. The molecule has 120 valence electrons. The summed E-state index contributed by atoms with van der Waals surface area (Å²) in [5.41, 5.74) is -0.307. The third kappa shape index (κ3) is 2.95. The summed E-state index contributed by atoms with van der Waals surface area (Å²) in [6, 6.07) is 8.71. The molecule has 0 bridgehead atoms. The molecule has 0 radical (unpaired) electrons. The van der Waals surface area contributed by atoms with E-state index in [9.17, 15) is 14.7 Å². The SMILES string of the molecule is O=C(NC1(C(=O)O)CCOCC1)c1ccccc1-n1cccn1. The van der Waals surface area contributed by atoms with Gasteiger partial charge in [0, 0.05) is 38.4 Å². The molecule has 1 amide bonds. The van der Waals surface area contributed by atoms with Gasteiger partial charge in [-0.15, -0.1) is 0 Å². The number of carboxylic acid groups (broad SMARTS) is 1. The number of carboxylic acids is 1. The van der Waals surface area contributed by atoms with E-state index in [1.165, 1.54) is 0 Å². The van der Waals surface area contributed by atoms with Crippen LogP contribution in [-0.4, -0.2) is 45.5 Å².